The lowest BCUT2D eigenvalue weighted by atomic mass is 10.0. The molecule has 0 spiro atoms. The molecule has 0 aliphatic heterocycles. The van der Waals surface area contributed by atoms with Crippen molar-refractivity contribution >= 4 is 10.8 Å². The van der Waals surface area contributed by atoms with Crippen LogP contribution in [0, 0.1) is 12.3 Å². The second-order valence-corrected chi connectivity index (χ2v) is 5.62. The molecule has 0 radical (unpaired) electrons. The molecule has 2 heteroatoms. The number of benzene rings is 2. The molecule has 1 fully saturated rings. The van der Waals surface area contributed by atoms with Crippen molar-refractivity contribution in [3.63, 3.8) is 0 Å². The third-order valence-corrected chi connectivity index (χ3v) is 4.23. The predicted octanol–water partition coefficient (Wildman–Crippen LogP) is 3.88. The van der Waals surface area contributed by atoms with Gasteiger partial charge in [0.1, 0.15) is 12.4 Å². The topological polar surface area (TPSA) is 21.3 Å². The van der Waals surface area contributed by atoms with E-state index in [4.69, 9.17) is 11.2 Å². The molecule has 0 saturated heterocycles. The number of hydrogen-bond donors (Lipinski definition) is 1. The van der Waals surface area contributed by atoms with Crippen LogP contribution in [0.3, 0.4) is 0 Å². The van der Waals surface area contributed by atoms with Gasteiger partial charge in [0, 0.05) is 18.2 Å². The standard InChI is InChI=1S/C19H21NO/c1-2-13-21-19-12-11-15-7-3-6-10-17(15)18(19)14-20-16-8-4-5-9-16/h1,3,6-7,10-12,16,20H,4-5,8-9,13-14H2. The van der Waals surface area contributed by atoms with E-state index in [1.54, 1.807) is 0 Å². The molecule has 1 saturated carbocycles. The summed E-state index contributed by atoms with van der Waals surface area (Å²) < 4.78 is 5.73. The fourth-order valence-electron chi connectivity index (χ4n) is 3.13. The lowest BCUT2D eigenvalue weighted by Crippen LogP contribution is -2.25. The van der Waals surface area contributed by atoms with Gasteiger partial charge in [-0.3, -0.25) is 0 Å². The van der Waals surface area contributed by atoms with Crippen LogP contribution in [0.15, 0.2) is 36.4 Å². The summed E-state index contributed by atoms with van der Waals surface area (Å²) in [5.74, 6) is 3.45. The van der Waals surface area contributed by atoms with Gasteiger partial charge in [0.15, 0.2) is 0 Å². The molecule has 108 valence electrons. The monoisotopic (exact) mass is 279 g/mol. The van der Waals surface area contributed by atoms with Crippen molar-refractivity contribution in [3.05, 3.63) is 42.0 Å². The van der Waals surface area contributed by atoms with Crippen molar-refractivity contribution in [2.45, 2.75) is 38.3 Å². The van der Waals surface area contributed by atoms with Gasteiger partial charge in [-0.1, -0.05) is 49.1 Å². The van der Waals surface area contributed by atoms with E-state index in [9.17, 15) is 0 Å². The lowest BCUT2D eigenvalue weighted by Gasteiger charge is -2.17. The Hall–Kier alpha value is -1.98. The molecule has 1 aliphatic rings. The normalized spacial score (nSPS) is 15.2. The van der Waals surface area contributed by atoms with Gasteiger partial charge in [-0.25, -0.2) is 0 Å². The van der Waals surface area contributed by atoms with Gasteiger partial charge >= 0.3 is 0 Å². The van der Waals surface area contributed by atoms with Crippen LogP contribution in [-0.4, -0.2) is 12.6 Å². The summed E-state index contributed by atoms with van der Waals surface area (Å²) in [6.45, 7) is 1.15. The summed E-state index contributed by atoms with van der Waals surface area (Å²) in [5.41, 5.74) is 1.22. The van der Waals surface area contributed by atoms with Gasteiger partial charge in [0.25, 0.3) is 0 Å². The highest BCUT2D eigenvalue weighted by atomic mass is 16.5. The highest BCUT2D eigenvalue weighted by Crippen LogP contribution is 2.29. The molecule has 0 unspecified atom stereocenters. The SMILES string of the molecule is C#CCOc1ccc2ccccc2c1CNC1CCCC1. The highest BCUT2D eigenvalue weighted by molar-refractivity contribution is 5.87. The third-order valence-electron chi connectivity index (χ3n) is 4.23. The summed E-state index contributed by atoms with van der Waals surface area (Å²) in [5, 5.41) is 6.17. The maximum Gasteiger partial charge on any atom is 0.148 e. The zero-order chi connectivity index (χ0) is 14.5. The van der Waals surface area contributed by atoms with Gasteiger partial charge in [-0.2, -0.15) is 0 Å². The van der Waals surface area contributed by atoms with E-state index >= 15 is 0 Å². The summed E-state index contributed by atoms with van der Waals surface area (Å²) in [6, 6.07) is 13.2. The van der Waals surface area contributed by atoms with Crippen LogP contribution in [-0.2, 0) is 6.54 Å². The summed E-state index contributed by atoms with van der Waals surface area (Å²) >= 11 is 0. The van der Waals surface area contributed by atoms with Gasteiger partial charge in [-0.05, 0) is 29.7 Å². The van der Waals surface area contributed by atoms with Gasteiger partial charge in [-0.15, -0.1) is 6.42 Å². The average molecular weight is 279 g/mol. The molecule has 2 aromatic rings. The lowest BCUT2D eigenvalue weighted by molar-refractivity contribution is 0.364. The van der Waals surface area contributed by atoms with E-state index < -0.39 is 0 Å². The van der Waals surface area contributed by atoms with E-state index in [2.05, 4.69) is 41.6 Å². The van der Waals surface area contributed by atoms with Crippen LogP contribution >= 0.6 is 0 Å². The first kappa shape index (κ1) is 14.0. The van der Waals surface area contributed by atoms with E-state index in [0.29, 0.717) is 12.6 Å². The number of terminal acetylenes is 1. The quantitative estimate of drug-likeness (QED) is 0.839. The van der Waals surface area contributed by atoms with Gasteiger partial charge in [0.05, 0.1) is 0 Å². The molecule has 3 rings (SSSR count). The smallest absolute Gasteiger partial charge is 0.148 e. The highest BCUT2D eigenvalue weighted by Gasteiger charge is 2.16. The van der Waals surface area contributed by atoms with Crippen molar-refractivity contribution in [2.75, 3.05) is 6.61 Å². The molecule has 2 aromatic carbocycles. The van der Waals surface area contributed by atoms with E-state index in [1.165, 1.54) is 42.0 Å². The van der Waals surface area contributed by atoms with Crippen molar-refractivity contribution in [3.8, 4) is 18.1 Å². The Balaban J connectivity index is 1.89. The molecule has 2 nitrogen and oxygen atoms in total. The second-order valence-electron chi connectivity index (χ2n) is 5.62. The first-order valence-electron chi connectivity index (χ1n) is 7.69. The maximum atomic E-state index is 5.73. The van der Waals surface area contributed by atoms with E-state index in [1.807, 2.05) is 6.07 Å². The van der Waals surface area contributed by atoms with Crippen molar-refractivity contribution in [2.24, 2.45) is 0 Å². The molecule has 0 atom stereocenters. The van der Waals surface area contributed by atoms with E-state index in [0.717, 1.165) is 12.3 Å². The average Bonchev–Trinajstić information content (AvgIpc) is 3.04. The number of nitrogens with one attached hydrogen (secondary N) is 1. The zero-order valence-electron chi connectivity index (χ0n) is 12.3. The third kappa shape index (κ3) is 3.20. The van der Waals surface area contributed by atoms with E-state index in [-0.39, 0.29) is 0 Å². The Labute approximate surface area is 126 Å². The number of hydrogen-bond acceptors (Lipinski definition) is 2. The van der Waals surface area contributed by atoms with Crippen LogP contribution in [0.2, 0.25) is 0 Å². The molecule has 0 aromatic heterocycles. The summed E-state index contributed by atoms with van der Waals surface area (Å²) in [4.78, 5) is 0. The molecule has 0 amide bonds. The minimum Gasteiger partial charge on any atom is -0.481 e. The van der Waals surface area contributed by atoms with Gasteiger partial charge in [0.2, 0.25) is 0 Å². The molecule has 21 heavy (non-hydrogen) atoms. The summed E-state index contributed by atoms with van der Waals surface area (Å²) in [7, 11) is 0. The fraction of sp³-hybridized carbons (Fsp3) is 0.368. The summed E-state index contributed by atoms with van der Waals surface area (Å²) in [6.07, 6.45) is 10.6. The van der Waals surface area contributed by atoms with Crippen LogP contribution in [0.4, 0.5) is 0 Å². The largest absolute Gasteiger partial charge is 0.481 e. The molecule has 0 bridgehead atoms. The van der Waals surface area contributed by atoms with Gasteiger partial charge < -0.3 is 10.1 Å². The van der Waals surface area contributed by atoms with Crippen molar-refractivity contribution in [1.29, 1.82) is 0 Å². The number of ether oxygens (including phenoxy) is 1. The Morgan fingerprint density at radius 1 is 1.14 bits per heavy atom. The Bertz CT molecular complexity index is 650. The van der Waals surface area contributed by atoms with Crippen molar-refractivity contribution in [1.82, 2.24) is 5.32 Å². The maximum absolute atomic E-state index is 5.73. The molecular formula is C19H21NO. The van der Waals surface area contributed by atoms with Crippen LogP contribution < -0.4 is 10.1 Å². The van der Waals surface area contributed by atoms with Crippen LogP contribution in [0.5, 0.6) is 5.75 Å². The minimum atomic E-state index is 0.314. The second kappa shape index (κ2) is 6.65. The Morgan fingerprint density at radius 3 is 2.76 bits per heavy atom. The molecule has 1 N–H and O–H groups in total. The number of rotatable bonds is 5. The zero-order valence-corrected chi connectivity index (χ0v) is 12.3. The minimum absolute atomic E-state index is 0.314. The first-order valence-corrected chi connectivity index (χ1v) is 7.69. The van der Waals surface area contributed by atoms with Crippen molar-refractivity contribution < 1.29 is 4.74 Å². The first-order chi connectivity index (χ1) is 10.4. The van der Waals surface area contributed by atoms with Crippen LogP contribution in [0.1, 0.15) is 31.2 Å². The number of fused-ring (bicyclic) bond motifs is 1. The molecule has 1 aliphatic carbocycles. The molecule has 0 heterocycles. The Kier molecular flexibility index (Phi) is 4.43. The molecular weight excluding hydrogens is 258 g/mol. The Morgan fingerprint density at radius 2 is 1.95 bits per heavy atom. The van der Waals surface area contributed by atoms with Crippen LogP contribution in [0.25, 0.3) is 10.8 Å². The predicted molar refractivity (Wildman–Crippen MR) is 87.4 cm³/mol. The fourth-order valence-corrected chi connectivity index (χ4v) is 3.13.